The van der Waals surface area contributed by atoms with Gasteiger partial charge in [-0.15, -0.1) is 0 Å². The normalized spacial score (nSPS) is 21.5. The van der Waals surface area contributed by atoms with Gasteiger partial charge in [0, 0.05) is 5.92 Å². The summed E-state index contributed by atoms with van der Waals surface area (Å²) in [6.07, 6.45) is -0.406. The van der Waals surface area contributed by atoms with Crippen molar-refractivity contribution in [3.05, 3.63) is 70.8 Å². The molecule has 0 aromatic heterocycles. The standard InChI is InChI=1S/C17H15NO/c1-12-6-5-9-14-11-19-15(10-18)17(16(12)14)13-7-3-2-4-8-13/h2-9,15,17H,11H2,1H3. The van der Waals surface area contributed by atoms with Crippen LogP contribution in [-0.4, -0.2) is 6.10 Å². The molecule has 0 amide bonds. The minimum Gasteiger partial charge on any atom is -0.358 e. The second kappa shape index (κ2) is 4.87. The lowest BCUT2D eigenvalue weighted by molar-refractivity contribution is 0.0521. The first-order valence-corrected chi connectivity index (χ1v) is 6.46. The van der Waals surface area contributed by atoms with Gasteiger partial charge in [0.05, 0.1) is 12.7 Å². The van der Waals surface area contributed by atoms with Crippen molar-refractivity contribution in [2.75, 3.05) is 0 Å². The highest BCUT2D eigenvalue weighted by Gasteiger charge is 2.32. The van der Waals surface area contributed by atoms with Crippen LogP contribution in [0.5, 0.6) is 0 Å². The number of aryl methyl sites for hydroxylation is 1. The van der Waals surface area contributed by atoms with E-state index in [0.29, 0.717) is 6.61 Å². The van der Waals surface area contributed by atoms with E-state index in [0.717, 1.165) is 5.56 Å². The van der Waals surface area contributed by atoms with Crippen LogP contribution >= 0.6 is 0 Å². The lowest BCUT2D eigenvalue weighted by Gasteiger charge is -2.31. The van der Waals surface area contributed by atoms with E-state index in [4.69, 9.17) is 4.74 Å². The number of nitrogens with zero attached hydrogens (tertiary/aromatic N) is 1. The largest absolute Gasteiger partial charge is 0.358 e. The average Bonchev–Trinajstić information content (AvgIpc) is 2.47. The number of fused-ring (bicyclic) bond motifs is 1. The molecule has 19 heavy (non-hydrogen) atoms. The molecular weight excluding hydrogens is 234 g/mol. The summed E-state index contributed by atoms with van der Waals surface area (Å²) in [4.78, 5) is 0. The SMILES string of the molecule is Cc1cccc2c1C(c1ccccc1)C(C#N)OC2. The fourth-order valence-corrected chi connectivity index (χ4v) is 2.85. The summed E-state index contributed by atoms with van der Waals surface area (Å²) in [5.41, 5.74) is 4.83. The zero-order valence-corrected chi connectivity index (χ0v) is 10.8. The quantitative estimate of drug-likeness (QED) is 0.774. The molecular formula is C17H15NO. The molecule has 0 radical (unpaired) electrons. The summed E-state index contributed by atoms with van der Waals surface area (Å²) in [6.45, 7) is 2.63. The van der Waals surface area contributed by atoms with Crippen molar-refractivity contribution >= 4 is 0 Å². The van der Waals surface area contributed by atoms with Crippen LogP contribution < -0.4 is 0 Å². The monoisotopic (exact) mass is 249 g/mol. The summed E-state index contributed by atoms with van der Waals surface area (Å²) in [5, 5.41) is 9.36. The van der Waals surface area contributed by atoms with Crippen molar-refractivity contribution in [3.8, 4) is 6.07 Å². The highest BCUT2D eigenvalue weighted by molar-refractivity contribution is 5.46. The molecule has 2 nitrogen and oxygen atoms in total. The zero-order chi connectivity index (χ0) is 13.2. The van der Waals surface area contributed by atoms with Gasteiger partial charge in [0.15, 0.2) is 6.10 Å². The average molecular weight is 249 g/mol. The van der Waals surface area contributed by atoms with Crippen LogP contribution in [0, 0.1) is 18.3 Å². The summed E-state index contributed by atoms with van der Waals surface area (Å²) in [7, 11) is 0. The lowest BCUT2D eigenvalue weighted by atomic mass is 9.80. The highest BCUT2D eigenvalue weighted by Crippen LogP contribution is 2.38. The van der Waals surface area contributed by atoms with Gasteiger partial charge < -0.3 is 4.74 Å². The van der Waals surface area contributed by atoms with Crippen LogP contribution in [0.2, 0.25) is 0 Å². The number of hydrogen-bond donors (Lipinski definition) is 0. The Balaban J connectivity index is 2.18. The van der Waals surface area contributed by atoms with Crippen molar-refractivity contribution in [1.29, 1.82) is 5.26 Å². The predicted octanol–water partition coefficient (Wildman–Crippen LogP) is 3.55. The summed E-state index contributed by atoms with van der Waals surface area (Å²) < 4.78 is 5.71. The molecule has 2 heteroatoms. The van der Waals surface area contributed by atoms with Crippen molar-refractivity contribution in [2.45, 2.75) is 25.6 Å². The molecule has 0 spiro atoms. The van der Waals surface area contributed by atoms with Crippen LogP contribution in [-0.2, 0) is 11.3 Å². The second-order valence-corrected chi connectivity index (χ2v) is 4.90. The number of nitriles is 1. The smallest absolute Gasteiger partial charge is 0.155 e. The van der Waals surface area contributed by atoms with Crippen LogP contribution in [0.15, 0.2) is 48.5 Å². The molecule has 0 saturated heterocycles. The third kappa shape index (κ3) is 2.03. The Hall–Kier alpha value is -2.11. The Labute approximate surface area is 113 Å². The summed E-state index contributed by atoms with van der Waals surface area (Å²) in [6, 6.07) is 18.7. The fourth-order valence-electron chi connectivity index (χ4n) is 2.85. The van der Waals surface area contributed by atoms with E-state index in [1.165, 1.54) is 16.7 Å². The van der Waals surface area contributed by atoms with E-state index in [1.807, 2.05) is 24.3 Å². The maximum atomic E-state index is 9.36. The molecule has 2 aromatic rings. The molecule has 0 bridgehead atoms. The molecule has 1 aliphatic rings. The molecule has 0 saturated carbocycles. The van der Waals surface area contributed by atoms with E-state index in [1.54, 1.807) is 0 Å². The van der Waals surface area contributed by atoms with Gasteiger partial charge in [0.1, 0.15) is 0 Å². The van der Waals surface area contributed by atoms with Crippen LogP contribution in [0.3, 0.4) is 0 Å². The van der Waals surface area contributed by atoms with Gasteiger partial charge in [-0.25, -0.2) is 0 Å². The predicted molar refractivity (Wildman–Crippen MR) is 73.7 cm³/mol. The Kier molecular flexibility index (Phi) is 3.06. The van der Waals surface area contributed by atoms with Gasteiger partial charge in [0.25, 0.3) is 0 Å². The first-order chi connectivity index (χ1) is 9.31. The molecule has 1 heterocycles. The van der Waals surface area contributed by atoms with Gasteiger partial charge in [-0.3, -0.25) is 0 Å². The van der Waals surface area contributed by atoms with E-state index in [-0.39, 0.29) is 5.92 Å². The van der Waals surface area contributed by atoms with Crippen LogP contribution in [0.4, 0.5) is 0 Å². The fraction of sp³-hybridized carbons (Fsp3) is 0.235. The number of ether oxygens (including phenoxy) is 1. The number of benzene rings is 2. The van der Waals surface area contributed by atoms with E-state index < -0.39 is 6.10 Å². The molecule has 0 fully saturated rings. The van der Waals surface area contributed by atoms with Gasteiger partial charge in [-0.2, -0.15) is 5.26 Å². The van der Waals surface area contributed by atoms with Crippen LogP contribution in [0.25, 0.3) is 0 Å². The first kappa shape index (κ1) is 12.0. The second-order valence-electron chi connectivity index (χ2n) is 4.90. The first-order valence-electron chi connectivity index (χ1n) is 6.46. The molecule has 94 valence electrons. The maximum Gasteiger partial charge on any atom is 0.155 e. The molecule has 2 atom stereocenters. The Morgan fingerprint density at radius 1 is 1.11 bits per heavy atom. The number of hydrogen-bond acceptors (Lipinski definition) is 2. The van der Waals surface area contributed by atoms with Gasteiger partial charge in [-0.05, 0) is 29.2 Å². The minimum atomic E-state index is -0.406. The van der Waals surface area contributed by atoms with Crippen molar-refractivity contribution < 1.29 is 4.74 Å². The van der Waals surface area contributed by atoms with Crippen LogP contribution in [0.1, 0.15) is 28.2 Å². The van der Waals surface area contributed by atoms with Gasteiger partial charge in [0.2, 0.25) is 0 Å². The maximum absolute atomic E-state index is 9.36. The Morgan fingerprint density at radius 2 is 1.89 bits per heavy atom. The number of rotatable bonds is 1. The third-order valence-electron chi connectivity index (χ3n) is 3.73. The highest BCUT2D eigenvalue weighted by atomic mass is 16.5. The molecule has 2 aromatic carbocycles. The van der Waals surface area contributed by atoms with E-state index in [2.05, 4.69) is 37.3 Å². The van der Waals surface area contributed by atoms with E-state index >= 15 is 0 Å². The molecule has 2 unspecified atom stereocenters. The zero-order valence-electron chi connectivity index (χ0n) is 10.8. The van der Waals surface area contributed by atoms with E-state index in [9.17, 15) is 5.26 Å². The van der Waals surface area contributed by atoms with Crippen molar-refractivity contribution in [1.82, 2.24) is 0 Å². The van der Waals surface area contributed by atoms with Crippen molar-refractivity contribution in [2.24, 2.45) is 0 Å². The van der Waals surface area contributed by atoms with Crippen molar-refractivity contribution in [3.63, 3.8) is 0 Å². The Morgan fingerprint density at radius 3 is 2.63 bits per heavy atom. The summed E-state index contributed by atoms with van der Waals surface area (Å²) in [5.74, 6) is 0.0103. The molecule has 1 aliphatic heterocycles. The topological polar surface area (TPSA) is 33.0 Å². The van der Waals surface area contributed by atoms with Gasteiger partial charge >= 0.3 is 0 Å². The molecule has 0 N–H and O–H groups in total. The summed E-state index contributed by atoms with van der Waals surface area (Å²) >= 11 is 0. The Bertz CT molecular complexity index is 627. The third-order valence-corrected chi connectivity index (χ3v) is 3.73. The minimum absolute atomic E-state index is 0.0103. The lowest BCUT2D eigenvalue weighted by Crippen LogP contribution is -2.28. The van der Waals surface area contributed by atoms with Gasteiger partial charge in [-0.1, -0.05) is 48.5 Å². The molecule has 3 rings (SSSR count). The molecule has 0 aliphatic carbocycles.